The summed E-state index contributed by atoms with van der Waals surface area (Å²) >= 11 is 0. The number of hydrogen-bond donors (Lipinski definition) is 2. The maximum atomic E-state index is 11.1. The third kappa shape index (κ3) is 2.62. The van der Waals surface area contributed by atoms with Crippen LogP contribution in [0.4, 0.5) is 0 Å². The van der Waals surface area contributed by atoms with Gasteiger partial charge in [0.05, 0.1) is 6.54 Å². The number of nitrogens with one attached hydrogen (secondary N) is 1. The Hall–Kier alpha value is -1.78. The lowest BCUT2D eigenvalue weighted by molar-refractivity contribution is -0.117. The van der Waals surface area contributed by atoms with Crippen LogP contribution in [0.5, 0.6) is 0 Å². The first-order chi connectivity index (χ1) is 6.09. The van der Waals surface area contributed by atoms with E-state index in [4.69, 9.17) is 10.2 Å². The molecule has 0 saturated heterocycles. The molecule has 0 aliphatic carbocycles. The van der Waals surface area contributed by atoms with Crippen molar-refractivity contribution in [1.82, 2.24) is 5.32 Å². The normalized spacial score (nSPS) is 9.62. The average molecular weight is 182 g/mol. The van der Waals surface area contributed by atoms with E-state index in [2.05, 4.69) is 5.32 Å². The zero-order valence-electron chi connectivity index (χ0n) is 7.16. The van der Waals surface area contributed by atoms with Crippen LogP contribution < -0.4 is 11.1 Å². The van der Waals surface area contributed by atoms with E-state index in [-0.39, 0.29) is 12.3 Å². The van der Waals surface area contributed by atoms with E-state index in [1.807, 2.05) is 0 Å². The van der Waals surface area contributed by atoms with Crippen LogP contribution in [0.3, 0.4) is 0 Å². The number of aryl methyl sites for hydroxylation is 1. The van der Waals surface area contributed by atoms with Crippen molar-refractivity contribution < 1.29 is 14.0 Å². The molecule has 1 rings (SSSR count). The number of nitrogens with two attached hydrogens (primary N) is 1. The van der Waals surface area contributed by atoms with Gasteiger partial charge in [0.25, 0.3) is 5.91 Å². The van der Waals surface area contributed by atoms with Crippen LogP contribution in [0.15, 0.2) is 16.5 Å². The Morgan fingerprint density at radius 2 is 2.23 bits per heavy atom. The summed E-state index contributed by atoms with van der Waals surface area (Å²) in [6.07, 6.45) is 0. The molecule has 5 nitrogen and oxygen atoms in total. The lowest BCUT2D eigenvalue weighted by Crippen LogP contribution is -2.33. The molecule has 0 spiro atoms. The van der Waals surface area contributed by atoms with Crippen molar-refractivity contribution in [3.05, 3.63) is 23.7 Å². The largest absolute Gasteiger partial charge is 0.456 e. The van der Waals surface area contributed by atoms with Crippen LogP contribution in [-0.4, -0.2) is 18.4 Å². The van der Waals surface area contributed by atoms with Crippen molar-refractivity contribution in [2.45, 2.75) is 6.92 Å². The van der Waals surface area contributed by atoms with E-state index in [0.29, 0.717) is 5.76 Å². The molecule has 70 valence electrons. The number of carbonyl (C=O) groups is 2. The fourth-order valence-corrected chi connectivity index (χ4v) is 0.811. The van der Waals surface area contributed by atoms with Gasteiger partial charge in [-0.05, 0) is 19.1 Å². The Morgan fingerprint density at radius 1 is 1.54 bits per heavy atom. The molecule has 0 saturated carbocycles. The van der Waals surface area contributed by atoms with Crippen LogP contribution in [0.2, 0.25) is 0 Å². The summed E-state index contributed by atoms with van der Waals surface area (Å²) in [5.74, 6) is -0.202. The second-order valence-electron chi connectivity index (χ2n) is 2.56. The van der Waals surface area contributed by atoms with E-state index in [1.165, 1.54) is 6.07 Å². The molecule has 3 N–H and O–H groups in total. The quantitative estimate of drug-likeness (QED) is 0.679. The van der Waals surface area contributed by atoms with Crippen molar-refractivity contribution in [1.29, 1.82) is 0 Å². The predicted octanol–water partition coefficient (Wildman–Crippen LogP) is -0.197. The van der Waals surface area contributed by atoms with Crippen molar-refractivity contribution in [2.75, 3.05) is 6.54 Å². The van der Waals surface area contributed by atoms with Crippen LogP contribution in [0, 0.1) is 6.92 Å². The molecule has 0 aromatic carbocycles. The second kappa shape index (κ2) is 3.75. The monoisotopic (exact) mass is 182 g/mol. The summed E-state index contributed by atoms with van der Waals surface area (Å²) in [4.78, 5) is 21.5. The highest BCUT2D eigenvalue weighted by atomic mass is 16.3. The molecule has 0 radical (unpaired) electrons. The Morgan fingerprint density at radius 3 is 2.69 bits per heavy atom. The van der Waals surface area contributed by atoms with Gasteiger partial charge in [-0.2, -0.15) is 0 Å². The highest BCUT2D eigenvalue weighted by Gasteiger charge is 2.09. The molecular formula is C8H10N2O3. The molecule has 1 aromatic rings. The maximum absolute atomic E-state index is 11.1. The number of hydrogen-bond acceptors (Lipinski definition) is 3. The number of primary amides is 1. The Balaban J connectivity index is 2.54. The van der Waals surface area contributed by atoms with Gasteiger partial charge in [0.15, 0.2) is 5.76 Å². The minimum absolute atomic E-state index is 0.179. The van der Waals surface area contributed by atoms with Gasteiger partial charge in [0.2, 0.25) is 5.91 Å². The van der Waals surface area contributed by atoms with Gasteiger partial charge in [-0.3, -0.25) is 9.59 Å². The van der Waals surface area contributed by atoms with E-state index < -0.39 is 11.8 Å². The summed E-state index contributed by atoms with van der Waals surface area (Å²) < 4.78 is 5.01. The molecule has 0 aliphatic heterocycles. The molecule has 0 aliphatic rings. The van der Waals surface area contributed by atoms with Crippen molar-refractivity contribution in [3.63, 3.8) is 0 Å². The minimum Gasteiger partial charge on any atom is -0.456 e. The molecule has 5 heteroatoms. The molecule has 1 heterocycles. The molecule has 0 atom stereocenters. The Kier molecular flexibility index (Phi) is 2.69. The van der Waals surface area contributed by atoms with Crippen LogP contribution >= 0.6 is 0 Å². The fraction of sp³-hybridized carbons (Fsp3) is 0.250. The molecule has 1 aromatic heterocycles. The van der Waals surface area contributed by atoms with Gasteiger partial charge >= 0.3 is 0 Å². The van der Waals surface area contributed by atoms with Crippen molar-refractivity contribution in [3.8, 4) is 0 Å². The lowest BCUT2D eigenvalue weighted by Gasteiger charge is -1.98. The number of amides is 2. The fourth-order valence-electron chi connectivity index (χ4n) is 0.811. The first kappa shape index (κ1) is 9.31. The van der Waals surface area contributed by atoms with Crippen LogP contribution in [0.25, 0.3) is 0 Å². The molecule has 0 fully saturated rings. The zero-order valence-corrected chi connectivity index (χ0v) is 7.16. The SMILES string of the molecule is Cc1ccc(C(=O)NCC(N)=O)o1. The molecule has 0 bridgehead atoms. The topological polar surface area (TPSA) is 85.3 Å². The standard InChI is InChI=1S/C8H10N2O3/c1-5-2-3-6(13-5)8(12)10-4-7(9)11/h2-3H,4H2,1H3,(H2,9,11)(H,10,12). The zero-order chi connectivity index (χ0) is 9.84. The van der Waals surface area contributed by atoms with Gasteiger partial charge < -0.3 is 15.5 Å². The van der Waals surface area contributed by atoms with Gasteiger partial charge in [-0.1, -0.05) is 0 Å². The number of carbonyl (C=O) groups excluding carboxylic acids is 2. The van der Waals surface area contributed by atoms with Gasteiger partial charge in [-0.25, -0.2) is 0 Å². The molecule has 13 heavy (non-hydrogen) atoms. The Labute approximate surface area is 74.9 Å². The van der Waals surface area contributed by atoms with E-state index in [0.717, 1.165) is 0 Å². The summed E-state index contributed by atoms with van der Waals surface area (Å²) in [5.41, 5.74) is 4.84. The summed E-state index contributed by atoms with van der Waals surface area (Å²) in [6.45, 7) is 1.55. The van der Waals surface area contributed by atoms with E-state index in [1.54, 1.807) is 13.0 Å². The lowest BCUT2D eigenvalue weighted by atomic mass is 10.4. The first-order valence-electron chi connectivity index (χ1n) is 3.72. The number of furan rings is 1. The Bertz CT molecular complexity index is 330. The van der Waals surface area contributed by atoms with Crippen molar-refractivity contribution >= 4 is 11.8 Å². The molecular weight excluding hydrogens is 172 g/mol. The van der Waals surface area contributed by atoms with Crippen molar-refractivity contribution in [2.24, 2.45) is 5.73 Å². The summed E-state index contributed by atoms with van der Waals surface area (Å²) in [7, 11) is 0. The van der Waals surface area contributed by atoms with Gasteiger partial charge in [0.1, 0.15) is 5.76 Å². The summed E-state index contributed by atoms with van der Waals surface area (Å²) in [5, 5.41) is 2.30. The second-order valence-corrected chi connectivity index (χ2v) is 2.56. The van der Waals surface area contributed by atoms with Gasteiger partial charge in [-0.15, -0.1) is 0 Å². The molecule has 2 amide bonds. The third-order valence-corrected chi connectivity index (χ3v) is 1.39. The summed E-state index contributed by atoms with van der Waals surface area (Å²) in [6, 6.07) is 3.20. The van der Waals surface area contributed by atoms with E-state index in [9.17, 15) is 9.59 Å². The molecule has 0 unspecified atom stereocenters. The maximum Gasteiger partial charge on any atom is 0.287 e. The highest BCUT2D eigenvalue weighted by molar-refractivity contribution is 5.93. The minimum atomic E-state index is -0.586. The van der Waals surface area contributed by atoms with Crippen LogP contribution in [-0.2, 0) is 4.79 Å². The smallest absolute Gasteiger partial charge is 0.287 e. The average Bonchev–Trinajstić information content (AvgIpc) is 2.47. The van der Waals surface area contributed by atoms with Gasteiger partial charge in [0, 0.05) is 0 Å². The number of rotatable bonds is 3. The first-order valence-corrected chi connectivity index (χ1v) is 3.72. The predicted molar refractivity (Wildman–Crippen MR) is 45.0 cm³/mol. The van der Waals surface area contributed by atoms with E-state index >= 15 is 0 Å². The third-order valence-electron chi connectivity index (χ3n) is 1.39. The van der Waals surface area contributed by atoms with Crippen LogP contribution in [0.1, 0.15) is 16.3 Å². The highest BCUT2D eigenvalue weighted by Crippen LogP contribution is 2.05.